The van der Waals surface area contributed by atoms with Crippen molar-refractivity contribution in [3.05, 3.63) is 58.9 Å². The van der Waals surface area contributed by atoms with E-state index in [0.717, 1.165) is 31.1 Å². The van der Waals surface area contributed by atoms with Crippen molar-refractivity contribution in [3.8, 4) is 22.0 Å². The molecule has 0 atom stereocenters. The van der Waals surface area contributed by atoms with Crippen LogP contribution in [0.3, 0.4) is 0 Å². The molecule has 0 amide bonds. The van der Waals surface area contributed by atoms with E-state index in [1.165, 1.54) is 27.5 Å². The molecule has 0 saturated heterocycles. The lowest BCUT2D eigenvalue weighted by Gasteiger charge is -2.24. The third-order valence-corrected chi connectivity index (χ3v) is 7.69. The summed E-state index contributed by atoms with van der Waals surface area (Å²) >= 11 is 3.25. The lowest BCUT2D eigenvalue weighted by molar-refractivity contribution is -0.663. The molecule has 0 fully saturated rings. The Kier molecular flexibility index (Phi) is 4.68. The molecule has 0 radical (unpaired) electrons. The first-order chi connectivity index (χ1) is 14.7. The zero-order valence-electron chi connectivity index (χ0n) is 18.6. The number of nitrogens with zero attached hydrogens (tertiary/aromatic N) is 4. The van der Waals surface area contributed by atoms with Crippen LogP contribution < -0.4 is 4.57 Å². The summed E-state index contributed by atoms with van der Waals surface area (Å²) in [6.45, 7) is 11.1. The van der Waals surface area contributed by atoms with Crippen LogP contribution in [0.15, 0.2) is 42.7 Å². The predicted molar refractivity (Wildman–Crippen MR) is 131 cm³/mol. The molecule has 0 N–H and O–H groups in total. The Bertz CT molecular complexity index is 1420. The molecule has 5 rings (SSSR count). The summed E-state index contributed by atoms with van der Waals surface area (Å²) < 4.78 is 2.10. The van der Waals surface area contributed by atoms with Crippen molar-refractivity contribution in [2.45, 2.75) is 40.0 Å². The summed E-state index contributed by atoms with van der Waals surface area (Å²) in [5, 5.41) is 4.60. The smallest absolute Gasteiger partial charge is 0.232 e. The van der Waals surface area contributed by atoms with E-state index in [1.54, 1.807) is 22.7 Å². The molecule has 5 aromatic rings. The normalized spacial score (nSPS) is 12.2. The second kappa shape index (κ2) is 7.18. The maximum Gasteiger partial charge on any atom is 0.287 e. The molecular formula is C25H25N4S2+. The Hall–Kier alpha value is -2.70. The summed E-state index contributed by atoms with van der Waals surface area (Å²) in [5.74, 6) is 0. The Labute approximate surface area is 190 Å². The van der Waals surface area contributed by atoms with Crippen LogP contribution in [-0.4, -0.2) is 15.0 Å². The SMILES string of the molecule is Cc1nc2sc(-c3cc(-c4cc(C(C)(C)C)c5ccccc5c4C)[n+](C)cn3)nc2s1. The zero-order valence-corrected chi connectivity index (χ0v) is 20.3. The van der Waals surface area contributed by atoms with Crippen LogP contribution in [0.2, 0.25) is 0 Å². The van der Waals surface area contributed by atoms with Gasteiger partial charge in [0.25, 0.3) is 6.33 Å². The molecule has 0 aliphatic heterocycles. The van der Waals surface area contributed by atoms with E-state index in [-0.39, 0.29) is 5.41 Å². The maximum absolute atomic E-state index is 4.80. The summed E-state index contributed by atoms with van der Waals surface area (Å²) in [6, 6.07) is 13.3. The molecule has 0 bridgehead atoms. The van der Waals surface area contributed by atoms with Crippen molar-refractivity contribution in [2.75, 3.05) is 0 Å². The highest BCUT2D eigenvalue weighted by Crippen LogP contribution is 2.38. The minimum atomic E-state index is 0.0414. The van der Waals surface area contributed by atoms with Gasteiger partial charge in [0.05, 0.1) is 12.1 Å². The highest BCUT2D eigenvalue weighted by Gasteiger charge is 2.24. The quantitative estimate of drug-likeness (QED) is 0.296. The minimum Gasteiger partial charge on any atom is -0.232 e. The van der Waals surface area contributed by atoms with Gasteiger partial charge in [-0.25, -0.2) is 14.5 Å². The Morgan fingerprint density at radius 3 is 2.32 bits per heavy atom. The minimum absolute atomic E-state index is 0.0414. The van der Waals surface area contributed by atoms with Gasteiger partial charge in [-0.2, -0.15) is 0 Å². The van der Waals surface area contributed by atoms with Crippen LogP contribution >= 0.6 is 22.7 Å². The van der Waals surface area contributed by atoms with Gasteiger partial charge in [-0.1, -0.05) is 67.7 Å². The number of aromatic nitrogens is 4. The van der Waals surface area contributed by atoms with E-state index in [2.05, 4.69) is 85.7 Å². The van der Waals surface area contributed by atoms with Crippen molar-refractivity contribution in [3.63, 3.8) is 0 Å². The van der Waals surface area contributed by atoms with Gasteiger partial charge >= 0.3 is 0 Å². The van der Waals surface area contributed by atoms with Crippen LogP contribution in [0.5, 0.6) is 0 Å². The summed E-state index contributed by atoms with van der Waals surface area (Å²) in [5.41, 5.74) is 5.96. The highest BCUT2D eigenvalue weighted by atomic mass is 32.1. The van der Waals surface area contributed by atoms with E-state index < -0.39 is 0 Å². The number of rotatable bonds is 2. The van der Waals surface area contributed by atoms with Gasteiger partial charge < -0.3 is 0 Å². The molecule has 0 spiro atoms. The Balaban J connectivity index is 1.74. The second-order valence-corrected chi connectivity index (χ2v) is 11.2. The van der Waals surface area contributed by atoms with E-state index in [0.29, 0.717) is 0 Å². The monoisotopic (exact) mass is 445 g/mol. The molecule has 4 nitrogen and oxygen atoms in total. The fourth-order valence-corrected chi connectivity index (χ4v) is 6.03. The molecule has 156 valence electrons. The van der Waals surface area contributed by atoms with E-state index in [1.807, 2.05) is 13.3 Å². The topological polar surface area (TPSA) is 42.5 Å². The second-order valence-electron chi connectivity index (χ2n) is 9.02. The summed E-state index contributed by atoms with van der Waals surface area (Å²) in [7, 11) is 2.06. The van der Waals surface area contributed by atoms with Crippen LogP contribution in [0, 0.1) is 13.8 Å². The molecule has 6 heteroatoms. The maximum atomic E-state index is 4.80. The lowest BCUT2D eigenvalue weighted by atomic mass is 9.80. The molecular weight excluding hydrogens is 420 g/mol. The van der Waals surface area contributed by atoms with E-state index in [9.17, 15) is 0 Å². The number of aryl methyl sites for hydroxylation is 3. The molecule has 0 aliphatic rings. The van der Waals surface area contributed by atoms with Crippen molar-refractivity contribution in [2.24, 2.45) is 7.05 Å². The first-order valence-electron chi connectivity index (χ1n) is 10.4. The van der Waals surface area contributed by atoms with Gasteiger partial charge in [-0.15, -0.1) is 0 Å². The first-order valence-corrected chi connectivity index (χ1v) is 12.0. The summed E-state index contributed by atoms with van der Waals surface area (Å²) in [6.07, 6.45) is 1.89. The van der Waals surface area contributed by atoms with Crippen molar-refractivity contribution >= 4 is 43.1 Å². The fraction of sp³-hybridized carbons (Fsp3) is 0.280. The standard InChI is InChI=1S/C25H25N4S2/c1-14-16-9-7-8-10-17(16)19(25(3,4)5)11-18(14)21-12-20(26-13-29(21)6)22-28-24-23(31-22)27-15(2)30-24/h7-13H,1-6H3/q+1. The van der Waals surface area contributed by atoms with Gasteiger partial charge in [0.15, 0.2) is 14.7 Å². The summed E-state index contributed by atoms with van der Waals surface area (Å²) in [4.78, 5) is 16.1. The van der Waals surface area contributed by atoms with Crippen LogP contribution in [0.25, 0.3) is 42.4 Å². The first kappa shape index (κ1) is 20.2. The zero-order chi connectivity index (χ0) is 21.9. The van der Waals surface area contributed by atoms with Crippen molar-refractivity contribution in [1.82, 2.24) is 15.0 Å². The average Bonchev–Trinajstić information content (AvgIpc) is 3.26. The molecule has 31 heavy (non-hydrogen) atoms. The fourth-order valence-electron chi connectivity index (χ4n) is 4.12. The van der Waals surface area contributed by atoms with Gasteiger partial charge in [0, 0.05) is 11.6 Å². The van der Waals surface area contributed by atoms with Gasteiger partial charge in [-0.05, 0) is 52.2 Å². The molecule has 2 aromatic carbocycles. The number of thiazole rings is 2. The lowest BCUT2D eigenvalue weighted by Crippen LogP contribution is -2.31. The van der Waals surface area contributed by atoms with Crippen LogP contribution in [0.4, 0.5) is 0 Å². The van der Waals surface area contributed by atoms with Gasteiger partial charge in [0.2, 0.25) is 5.69 Å². The van der Waals surface area contributed by atoms with Crippen molar-refractivity contribution < 1.29 is 4.57 Å². The highest BCUT2D eigenvalue weighted by molar-refractivity contribution is 7.27. The molecule has 0 aliphatic carbocycles. The number of hydrogen-bond acceptors (Lipinski definition) is 5. The average molecular weight is 446 g/mol. The third kappa shape index (κ3) is 3.44. The van der Waals surface area contributed by atoms with Gasteiger partial charge in [-0.3, -0.25) is 0 Å². The number of benzene rings is 2. The third-order valence-electron chi connectivity index (χ3n) is 5.72. The van der Waals surface area contributed by atoms with Crippen LogP contribution in [-0.2, 0) is 12.5 Å². The molecule has 0 unspecified atom stereocenters. The largest absolute Gasteiger partial charge is 0.287 e. The number of fused-ring (bicyclic) bond motifs is 2. The predicted octanol–water partition coefficient (Wildman–Crippen LogP) is 6.37. The van der Waals surface area contributed by atoms with Gasteiger partial charge in [0.1, 0.15) is 5.69 Å². The molecule has 0 saturated carbocycles. The molecule has 3 heterocycles. The van der Waals surface area contributed by atoms with E-state index >= 15 is 0 Å². The number of hydrogen-bond donors (Lipinski definition) is 0. The Morgan fingerprint density at radius 1 is 0.903 bits per heavy atom. The van der Waals surface area contributed by atoms with Crippen LogP contribution in [0.1, 0.15) is 36.9 Å². The molecule has 3 aromatic heterocycles. The Morgan fingerprint density at radius 2 is 1.61 bits per heavy atom. The van der Waals surface area contributed by atoms with Crippen molar-refractivity contribution in [1.29, 1.82) is 0 Å². The van der Waals surface area contributed by atoms with E-state index in [4.69, 9.17) is 4.98 Å².